The van der Waals surface area contributed by atoms with Crippen LogP contribution in [-0.4, -0.2) is 0 Å². The van der Waals surface area contributed by atoms with E-state index in [9.17, 15) is 0 Å². The predicted molar refractivity (Wildman–Crippen MR) is 212 cm³/mol. The molecule has 0 bridgehead atoms. The summed E-state index contributed by atoms with van der Waals surface area (Å²) in [6.45, 7) is 4.45. The second kappa shape index (κ2) is 13.5. The summed E-state index contributed by atoms with van der Waals surface area (Å²) >= 11 is 0. The molecule has 0 radical (unpaired) electrons. The Labute approximate surface area is 290 Å². The number of hydrogen-bond acceptors (Lipinski definition) is 2. The fourth-order valence-electron chi connectivity index (χ4n) is 6.99. The summed E-state index contributed by atoms with van der Waals surface area (Å²) in [7, 11) is 0. The van der Waals surface area contributed by atoms with E-state index < -0.39 is 0 Å². The van der Waals surface area contributed by atoms with Crippen molar-refractivity contribution in [1.29, 1.82) is 0 Å². The second-order valence-corrected chi connectivity index (χ2v) is 12.3. The number of rotatable bonds is 7. The van der Waals surface area contributed by atoms with Gasteiger partial charge in [0.2, 0.25) is 0 Å². The fraction of sp³-hybridized carbons (Fsp3) is 0.0638. The highest BCUT2D eigenvalue weighted by molar-refractivity contribution is 6.00. The van der Waals surface area contributed by atoms with Gasteiger partial charge in [0, 0.05) is 33.5 Å². The minimum absolute atomic E-state index is 0. The zero-order chi connectivity index (χ0) is 32.5. The van der Waals surface area contributed by atoms with Crippen molar-refractivity contribution in [3.8, 4) is 11.1 Å². The topological polar surface area (TPSA) is 6.48 Å². The Morgan fingerprint density at radius 3 is 1.10 bits per heavy atom. The van der Waals surface area contributed by atoms with Gasteiger partial charge < -0.3 is 9.80 Å². The molecule has 49 heavy (non-hydrogen) atoms. The molecule has 8 aromatic carbocycles. The van der Waals surface area contributed by atoms with Crippen LogP contribution in [0.1, 0.15) is 18.6 Å². The molecule has 0 atom stereocenters. The van der Waals surface area contributed by atoms with Crippen molar-refractivity contribution in [2.24, 2.45) is 0 Å². The van der Waals surface area contributed by atoms with Crippen LogP contribution < -0.4 is 9.80 Å². The third kappa shape index (κ3) is 5.94. The maximum absolute atomic E-state index is 2.37. The Morgan fingerprint density at radius 2 is 0.694 bits per heavy atom. The van der Waals surface area contributed by atoms with Crippen molar-refractivity contribution < 1.29 is 0 Å². The summed E-state index contributed by atoms with van der Waals surface area (Å²) in [4.78, 5) is 4.74. The molecule has 0 aliphatic heterocycles. The Kier molecular flexibility index (Phi) is 8.70. The van der Waals surface area contributed by atoms with E-state index in [2.05, 4.69) is 206 Å². The van der Waals surface area contributed by atoms with Gasteiger partial charge in [0.15, 0.2) is 0 Å². The normalized spacial score (nSPS) is 10.9. The summed E-state index contributed by atoms with van der Waals surface area (Å²) in [5.74, 6) is 0. The molecule has 0 aliphatic carbocycles. The lowest BCUT2D eigenvalue weighted by Crippen LogP contribution is -2.11. The van der Waals surface area contributed by atoms with Gasteiger partial charge in [0.05, 0.1) is 11.4 Å². The van der Waals surface area contributed by atoms with Crippen LogP contribution in [0.2, 0.25) is 0 Å². The largest absolute Gasteiger partial charge is 0.310 e. The lowest BCUT2D eigenvalue weighted by atomic mass is 9.95. The molecule has 0 heterocycles. The van der Waals surface area contributed by atoms with Crippen LogP contribution in [-0.2, 0) is 0 Å². The number of aryl methyl sites for hydroxylation is 2. The minimum atomic E-state index is 0. The van der Waals surface area contributed by atoms with Gasteiger partial charge in [-0.15, -0.1) is 0 Å². The SMILES string of the molecule is C.Cc1cc(N(c2ccccc2)c2cccc3ccccc23)ccc1-c1ccc(N(c2ccccc2)c2cccc3ccccc23)cc1C. The first-order chi connectivity index (χ1) is 23.7. The van der Waals surface area contributed by atoms with Gasteiger partial charge in [0.1, 0.15) is 0 Å². The van der Waals surface area contributed by atoms with Gasteiger partial charge in [-0.2, -0.15) is 0 Å². The Bertz CT molecular complexity index is 2200. The maximum Gasteiger partial charge on any atom is 0.0540 e. The van der Waals surface area contributed by atoms with E-state index in [-0.39, 0.29) is 7.43 Å². The molecule has 0 spiro atoms. The molecule has 2 heteroatoms. The number of nitrogens with zero attached hydrogens (tertiary/aromatic N) is 2. The summed E-state index contributed by atoms with van der Waals surface area (Å²) in [5.41, 5.74) is 11.8. The molecule has 8 aromatic rings. The highest BCUT2D eigenvalue weighted by Gasteiger charge is 2.19. The van der Waals surface area contributed by atoms with Crippen LogP contribution in [0.5, 0.6) is 0 Å². The average molecular weight is 633 g/mol. The quantitative estimate of drug-likeness (QED) is 0.172. The average Bonchev–Trinajstić information content (AvgIpc) is 3.13. The van der Waals surface area contributed by atoms with Gasteiger partial charge in [-0.1, -0.05) is 129 Å². The number of fused-ring (bicyclic) bond motifs is 2. The molecule has 0 fully saturated rings. The standard InChI is InChI=1S/C46H36N2.CH4/c1-33-31-39(47(37-19-5-3-6-20-37)45-25-13-17-35-15-9-11-23-43(35)45)27-29-41(33)42-30-28-40(32-34(42)2)48(38-21-7-4-8-22-38)46-26-14-18-36-16-10-12-24-44(36)46;/h3-32H,1-2H3;1H4. The molecule has 8 rings (SSSR count). The van der Waals surface area contributed by atoms with Gasteiger partial charge >= 0.3 is 0 Å². The molecule has 0 saturated heterocycles. The zero-order valence-electron chi connectivity index (χ0n) is 27.2. The molecule has 0 amide bonds. The molecular weight excluding hydrogens is 593 g/mol. The molecule has 0 unspecified atom stereocenters. The van der Waals surface area contributed by atoms with Gasteiger partial charge in [-0.3, -0.25) is 0 Å². The van der Waals surface area contributed by atoms with Crippen LogP contribution in [0.3, 0.4) is 0 Å². The Balaban J connectivity index is 0.00000378. The Hall–Kier alpha value is -6.12. The molecule has 0 aromatic heterocycles. The smallest absolute Gasteiger partial charge is 0.0540 e. The van der Waals surface area contributed by atoms with Crippen LogP contribution >= 0.6 is 0 Å². The zero-order valence-corrected chi connectivity index (χ0v) is 27.2. The van der Waals surface area contributed by atoms with E-state index in [1.807, 2.05) is 0 Å². The van der Waals surface area contributed by atoms with E-state index >= 15 is 0 Å². The van der Waals surface area contributed by atoms with E-state index in [1.165, 1.54) is 55.2 Å². The monoisotopic (exact) mass is 632 g/mol. The third-order valence-corrected chi connectivity index (χ3v) is 9.27. The van der Waals surface area contributed by atoms with Crippen molar-refractivity contribution in [2.75, 3.05) is 9.80 Å². The number of benzene rings is 8. The molecular formula is C47H40N2. The van der Waals surface area contributed by atoms with E-state index in [4.69, 9.17) is 0 Å². The lowest BCUT2D eigenvalue weighted by molar-refractivity contribution is 1.27. The van der Waals surface area contributed by atoms with Crippen LogP contribution in [0.25, 0.3) is 32.7 Å². The van der Waals surface area contributed by atoms with E-state index in [0.29, 0.717) is 0 Å². The molecule has 0 saturated carbocycles. The van der Waals surface area contributed by atoms with Crippen molar-refractivity contribution in [1.82, 2.24) is 0 Å². The summed E-state index contributed by atoms with van der Waals surface area (Å²) < 4.78 is 0. The van der Waals surface area contributed by atoms with Crippen molar-refractivity contribution >= 4 is 55.7 Å². The van der Waals surface area contributed by atoms with E-state index in [0.717, 1.165) is 22.7 Å². The minimum Gasteiger partial charge on any atom is -0.310 e. The first-order valence-electron chi connectivity index (χ1n) is 16.5. The highest BCUT2D eigenvalue weighted by Crippen LogP contribution is 2.43. The first kappa shape index (κ1) is 31.5. The predicted octanol–water partition coefficient (Wildman–Crippen LogP) is 13.9. The molecule has 0 N–H and O–H groups in total. The van der Waals surface area contributed by atoms with Crippen molar-refractivity contribution in [3.05, 3.63) is 193 Å². The second-order valence-electron chi connectivity index (χ2n) is 12.3. The maximum atomic E-state index is 2.37. The van der Waals surface area contributed by atoms with Crippen molar-refractivity contribution in [3.63, 3.8) is 0 Å². The molecule has 2 nitrogen and oxygen atoms in total. The van der Waals surface area contributed by atoms with E-state index in [1.54, 1.807) is 0 Å². The molecule has 0 aliphatic rings. The number of hydrogen-bond donors (Lipinski definition) is 0. The number of anilines is 6. The van der Waals surface area contributed by atoms with Crippen LogP contribution in [0, 0.1) is 13.8 Å². The fourth-order valence-corrected chi connectivity index (χ4v) is 6.99. The Morgan fingerprint density at radius 1 is 0.327 bits per heavy atom. The lowest BCUT2D eigenvalue weighted by Gasteiger charge is -2.28. The van der Waals surface area contributed by atoms with Gasteiger partial charge in [-0.25, -0.2) is 0 Å². The highest BCUT2D eigenvalue weighted by atomic mass is 15.1. The summed E-state index contributed by atoms with van der Waals surface area (Å²) in [5, 5.41) is 4.92. The summed E-state index contributed by atoms with van der Waals surface area (Å²) in [6, 6.07) is 65.4. The number of para-hydroxylation sites is 2. The van der Waals surface area contributed by atoms with Gasteiger partial charge in [0.25, 0.3) is 0 Å². The van der Waals surface area contributed by atoms with Crippen LogP contribution in [0.15, 0.2) is 182 Å². The first-order valence-corrected chi connectivity index (χ1v) is 16.5. The van der Waals surface area contributed by atoms with Crippen molar-refractivity contribution in [2.45, 2.75) is 21.3 Å². The third-order valence-electron chi connectivity index (χ3n) is 9.27. The molecule has 238 valence electrons. The summed E-state index contributed by atoms with van der Waals surface area (Å²) in [6.07, 6.45) is 0. The van der Waals surface area contributed by atoms with Crippen LogP contribution in [0.4, 0.5) is 34.1 Å². The van der Waals surface area contributed by atoms with Gasteiger partial charge in [-0.05, 0) is 108 Å².